The van der Waals surface area contributed by atoms with Crippen molar-refractivity contribution in [3.63, 3.8) is 0 Å². The van der Waals surface area contributed by atoms with Crippen LogP contribution in [0.15, 0.2) is 18.6 Å². The van der Waals surface area contributed by atoms with E-state index in [0.717, 1.165) is 25.2 Å². The van der Waals surface area contributed by atoms with Gasteiger partial charge in [0.2, 0.25) is 5.82 Å². The van der Waals surface area contributed by atoms with E-state index in [2.05, 4.69) is 19.9 Å². The maximum absolute atomic E-state index is 11.6. The third-order valence-corrected chi connectivity index (χ3v) is 4.61. The maximum Gasteiger partial charge on any atom is 0.339 e. The number of nitrogens with zero attached hydrogens (tertiary/aromatic N) is 6. The molecule has 1 aliphatic heterocycles. The Bertz CT molecular complexity index is 813. The standard InChI is InChI=1S/C16H20N6O4/c1-3-20-10-18-19-14(20)11-4-6-21(7-5-11)15-13(22(24)25)8-12(9-17-15)16(23)26-2/h8-11H,3-7H2,1-2H3. The van der Waals surface area contributed by atoms with Gasteiger partial charge in [0.1, 0.15) is 12.2 Å². The Labute approximate surface area is 150 Å². The first-order chi connectivity index (χ1) is 12.5. The monoisotopic (exact) mass is 360 g/mol. The van der Waals surface area contributed by atoms with Gasteiger partial charge in [-0.05, 0) is 19.8 Å². The third kappa shape index (κ3) is 3.35. The molecule has 26 heavy (non-hydrogen) atoms. The first-order valence-corrected chi connectivity index (χ1v) is 8.40. The van der Waals surface area contributed by atoms with Gasteiger partial charge >= 0.3 is 11.7 Å². The molecule has 0 bridgehead atoms. The van der Waals surface area contributed by atoms with Gasteiger partial charge in [-0.1, -0.05) is 0 Å². The van der Waals surface area contributed by atoms with Gasteiger partial charge < -0.3 is 14.2 Å². The molecule has 138 valence electrons. The number of carbonyl (C=O) groups excluding carboxylic acids is 1. The van der Waals surface area contributed by atoms with Crippen molar-refractivity contribution in [3.8, 4) is 0 Å². The Kier molecular flexibility index (Phi) is 5.10. The molecule has 0 saturated carbocycles. The van der Waals surface area contributed by atoms with E-state index in [0.29, 0.717) is 13.1 Å². The molecular formula is C16H20N6O4. The van der Waals surface area contributed by atoms with E-state index in [4.69, 9.17) is 0 Å². The summed E-state index contributed by atoms with van der Waals surface area (Å²) < 4.78 is 6.62. The molecule has 0 spiro atoms. The fourth-order valence-electron chi connectivity index (χ4n) is 3.23. The number of pyridine rings is 1. The molecule has 0 atom stereocenters. The molecule has 10 nitrogen and oxygen atoms in total. The summed E-state index contributed by atoms with van der Waals surface area (Å²) >= 11 is 0. The zero-order chi connectivity index (χ0) is 18.7. The number of rotatable bonds is 5. The summed E-state index contributed by atoms with van der Waals surface area (Å²) in [6.45, 7) is 4.09. The van der Waals surface area contributed by atoms with Crippen molar-refractivity contribution in [2.75, 3.05) is 25.1 Å². The summed E-state index contributed by atoms with van der Waals surface area (Å²) in [5.74, 6) is 0.848. The summed E-state index contributed by atoms with van der Waals surface area (Å²) in [5, 5.41) is 19.6. The number of methoxy groups -OCH3 is 1. The van der Waals surface area contributed by atoms with Gasteiger partial charge in [0.25, 0.3) is 0 Å². The number of anilines is 1. The van der Waals surface area contributed by atoms with E-state index >= 15 is 0 Å². The van der Waals surface area contributed by atoms with Crippen LogP contribution in [0.25, 0.3) is 0 Å². The molecule has 2 aromatic rings. The molecule has 0 N–H and O–H groups in total. The van der Waals surface area contributed by atoms with Gasteiger partial charge in [0.15, 0.2) is 0 Å². The van der Waals surface area contributed by atoms with Gasteiger partial charge in [-0.3, -0.25) is 10.1 Å². The van der Waals surface area contributed by atoms with Crippen LogP contribution in [0, 0.1) is 10.1 Å². The predicted molar refractivity (Wildman–Crippen MR) is 92.1 cm³/mol. The number of esters is 1. The average Bonchev–Trinajstić information content (AvgIpc) is 3.15. The Morgan fingerprint density at radius 1 is 1.42 bits per heavy atom. The minimum atomic E-state index is -0.648. The second-order valence-corrected chi connectivity index (χ2v) is 6.05. The van der Waals surface area contributed by atoms with Crippen LogP contribution in [0.2, 0.25) is 0 Å². The molecule has 3 rings (SSSR count). The van der Waals surface area contributed by atoms with Crippen LogP contribution in [-0.2, 0) is 11.3 Å². The summed E-state index contributed by atoms with van der Waals surface area (Å²) in [7, 11) is 1.22. The molecule has 0 unspecified atom stereocenters. The van der Waals surface area contributed by atoms with Crippen molar-refractivity contribution in [1.82, 2.24) is 19.7 Å². The van der Waals surface area contributed by atoms with Crippen molar-refractivity contribution < 1.29 is 14.5 Å². The van der Waals surface area contributed by atoms with E-state index in [1.54, 1.807) is 6.33 Å². The number of hydrogen-bond donors (Lipinski definition) is 0. The molecule has 2 aromatic heterocycles. The lowest BCUT2D eigenvalue weighted by Gasteiger charge is -2.32. The zero-order valence-electron chi connectivity index (χ0n) is 14.7. The minimum Gasteiger partial charge on any atom is -0.465 e. The van der Waals surface area contributed by atoms with Crippen LogP contribution in [0.4, 0.5) is 11.5 Å². The van der Waals surface area contributed by atoms with E-state index in [9.17, 15) is 14.9 Å². The van der Waals surface area contributed by atoms with Gasteiger partial charge in [-0.15, -0.1) is 10.2 Å². The summed E-state index contributed by atoms with van der Waals surface area (Å²) in [4.78, 5) is 28.5. The minimum absolute atomic E-state index is 0.0638. The highest BCUT2D eigenvalue weighted by Gasteiger charge is 2.29. The summed E-state index contributed by atoms with van der Waals surface area (Å²) in [5.41, 5.74) is -0.128. The lowest BCUT2D eigenvalue weighted by molar-refractivity contribution is -0.384. The number of nitro groups is 1. The fourth-order valence-corrected chi connectivity index (χ4v) is 3.23. The molecule has 1 saturated heterocycles. The fraction of sp³-hybridized carbons (Fsp3) is 0.500. The zero-order valence-corrected chi connectivity index (χ0v) is 14.7. The Hall–Kier alpha value is -3.04. The van der Waals surface area contributed by atoms with Crippen LogP contribution in [0.1, 0.15) is 41.9 Å². The maximum atomic E-state index is 11.6. The van der Waals surface area contributed by atoms with Crippen LogP contribution in [0.5, 0.6) is 0 Å². The topological polar surface area (TPSA) is 116 Å². The van der Waals surface area contributed by atoms with Crippen molar-refractivity contribution in [2.24, 2.45) is 0 Å². The van der Waals surface area contributed by atoms with Gasteiger partial charge in [-0.25, -0.2) is 9.78 Å². The molecule has 10 heteroatoms. The molecular weight excluding hydrogens is 340 g/mol. The molecule has 3 heterocycles. The first kappa shape index (κ1) is 17.8. The largest absolute Gasteiger partial charge is 0.465 e. The van der Waals surface area contributed by atoms with Gasteiger partial charge in [0, 0.05) is 37.8 Å². The average molecular weight is 360 g/mol. The second kappa shape index (κ2) is 7.46. The quantitative estimate of drug-likeness (QED) is 0.450. The predicted octanol–water partition coefficient (Wildman–Crippen LogP) is 1.77. The first-order valence-electron chi connectivity index (χ1n) is 8.40. The van der Waals surface area contributed by atoms with Gasteiger partial charge in [-0.2, -0.15) is 0 Å². The highest BCUT2D eigenvalue weighted by Crippen LogP contribution is 2.33. The number of carbonyl (C=O) groups is 1. The molecule has 0 aromatic carbocycles. The molecule has 1 fully saturated rings. The number of aromatic nitrogens is 4. The molecule has 0 radical (unpaired) electrons. The van der Waals surface area contributed by atoms with Crippen LogP contribution >= 0.6 is 0 Å². The molecule has 1 aliphatic rings. The Morgan fingerprint density at radius 2 is 2.15 bits per heavy atom. The molecule has 0 aliphatic carbocycles. The van der Waals surface area contributed by atoms with Gasteiger partial charge in [0.05, 0.1) is 17.6 Å². The lowest BCUT2D eigenvalue weighted by atomic mass is 9.95. The Morgan fingerprint density at radius 3 is 2.77 bits per heavy atom. The van der Waals surface area contributed by atoms with Crippen LogP contribution < -0.4 is 4.90 Å². The van der Waals surface area contributed by atoms with Crippen LogP contribution in [0.3, 0.4) is 0 Å². The van der Waals surface area contributed by atoms with Crippen molar-refractivity contribution in [3.05, 3.63) is 40.1 Å². The Balaban J connectivity index is 1.78. The number of ether oxygens (including phenoxy) is 1. The number of piperidine rings is 1. The second-order valence-electron chi connectivity index (χ2n) is 6.05. The number of hydrogen-bond acceptors (Lipinski definition) is 8. The van der Waals surface area contributed by atoms with Crippen molar-refractivity contribution in [1.29, 1.82) is 0 Å². The van der Waals surface area contributed by atoms with E-state index in [1.165, 1.54) is 19.4 Å². The highest BCUT2D eigenvalue weighted by atomic mass is 16.6. The summed E-state index contributed by atoms with van der Waals surface area (Å²) in [6.07, 6.45) is 4.64. The normalized spacial score (nSPS) is 15.1. The smallest absolute Gasteiger partial charge is 0.339 e. The van der Waals surface area contributed by atoms with Crippen molar-refractivity contribution >= 4 is 17.5 Å². The van der Waals surface area contributed by atoms with E-state index in [1.807, 2.05) is 16.4 Å². The summed E-state index contributed by atoms with van der Waals surface area (Å²) in [6, 6.07) is 1.22. The lowest BCUT2D eigenvalue weighted by Crippen LogP contribution is -2.34. The molecule has 0 amide bonds. The third-order valence-electron chi connectivity index (χ3n) is 4.61. The van der Waals surface area contributed by atoms with E-state index in [-0.39, 0.29) is 23.0 Å². The van der Waals surface area contributed by atoms with Crippen molar-refractivity contribution in [2.45, 2.75) is 32.2 Å². The SMILES string of the molecule is CCn1cnnc1C1CCN(c2ncc(C(=O)OC)cc2[N+](=O)[O-])CC1. The van der Waals surface area contributed by atoms with E-state index < -0.39 is 10.9 Å². The number of aryl methyl sites for hydroxylation is 1. The highest BCUT2D eigenvalue weighted by molar-refractivity contribution is 5.90. The van der Waals surface area contributed by atoms with Crippen LogP contribution in [-0.4, -0.2) is 50.8 Å².